The van der Waals surface area contributed by atoms with Gasteiger partial charge >= 0.3 is 6.18 Å². The number of alkyl halides is 3. The van der Waals surface area contributed by atoms with Gasteiger partial charge in [-0.3, -0.25) is 9.59 Å². The molecule has 10 heteroatoms. The molecular formula is C22H20F3N3O4. The van der Waals surface area contributed by atoms with E-state index in [1.165, 1.54) is 25.1 Å². The number of para-hydroxylation sites is 1. The zero-order valence-corrected chi connectivity index (χ0v) is 17.3. The van der Waals surface area contributed by atoms with E-state index < -0.39 is 28.8 Å². The number of methoxy groups -OCH3 is 1. The summed E-state index contributed by atoms with van der Waals surface area (Å²) >= 11 is 0. The minimum Gasteiger partial charge on any atom is -0.491 e. The van der Waals surface area contributed by atoms with Crippen LogP contribution in [0.3, 0.4) is 0 Å². The van der Waals surface area contributed by atoms with Crippen LogP contribution in [0.1, 0.15) is 21.7 Å². The van der Waals surface area contributed by atoms with E-state index in [9.17, 15) is 22.8 Å². The highest BCUT2D eigenvalue weighted by molar-refractivity contribution is 6.02. The van der Waals surface area contributed by atoms with Crippen LogP contribution in [0, 0.1) is 6.92 Å². The second-order valence-corrected chi connectivity index (χ2v) is 6.75. The van der Waals surface area contributed by atoms with Crippen molar-refractivity contribution < 1.29 is 27.4 Å². The maximum absolute atomic E-state index is 13.4. The summed E-state index contributed by atoms with van der Waals surface area (Å²) in [5, 5.41) is 6.45. The summed E-state index contributed by atoms with van der Waals surface area (Å²) < 4.78 is 51.5. The number of carbonyl (C=O) groups is 1. The molecule has 3 aromatic rings. The number of halogens is 3. The van der Waals surface area contributed by atoms with E-state index >= 15 is 0 Å². The van der Waals surface area contributed by atoms with E-state index in [0.29, 0.717) is 24.7 Å². The van der Waals surface area contributed by atoms with Gasteiger partial charge in [-0.25, -0.2) is 4.68 Å². The van der Waals surface area contributed by atoms with Gasteiger partial charge in [0.1, 0.15) is 12.4 Å². The van der Waals surface area contributed by atoms with Gasteiger partial charge in [0, 0.05) is 24.6 Å². The Hall–Kier alpha value is -3.66. The molecule has 0 spiro atoms. The van der Waals surface area contributed by atoms with Crippen molar-refractivity contribution in [3.63, 3.8) is 0 Å². The van der Waals surface area contributed by atoms with Gasteiger partial charge in [0.2, 0.25) is 5.43 Å². The molecule has 1 aromatic heterocycles. The number of hydrogen-bond donors (Lipinski definition) is 1. The molecule has 0 bridgehead atoms. The first kappa shape index (κ1) is 23.0. The Kier molecular flexibility index (Phi) is 6.94. The van der Waals surface area contributed by atoms with Gasteiger partial charge < -0.3 is 14.8 Å². The van der Waals surface area contributed by atoms with E-state index in [1.807, 2.05) is 0 Å². The number of anilines is 1. The number of ether oxygens (including phenoxy) is 2. The Bertz CT molecular complexity index is 1160. The molecule has 0 aliphatic carbocycles. The lowest BCUT2D eigenvalue weighted by molar-refractivity contribution is -0.137. The third-order valence-electron chi connectivity index (χ3n) is 4.43. The number of nitrogens with zero attached hydrogens (tertiary/aromatic N) is 2. The maximum atomic E-state index is 13.4. The zero-order valence-electron chi connectivity index (χ0n) is 17.3. The van der Waals surface area contributed by atoms with Gasteiger partial charge in [-0.15, -0.1) is 0 Å². The smallest absolute Gasteiger partial charge is 0.418 e. The quantitative estimate of drug-likeness (QED) is 0.557. The van der Waals surface area contributed by atoms with Crippen molar-refractivity contribution in [1.82, 2.24) is 9.78 Å². The van der Waals surface area contributed by atoms with Crippen LogP contribution in [0.25, 0.3) is 5.69 Å². The molecule has 7 nitrogen and oxygen atoms in total. The molecule has 0 radical (unpaired) electrons. The Morgan fingerprint density at radius 1 is 1.09 bits per heavy atom. The first-order valence-electron chi connectivity index (χ1n) is 9.51. The van der Waals surface area contributed by atoms with Gasteiger partial charge in [0.15, 0.2) is 5.69 Å². The highest BCUT2D eigenvalue weighted by Crippen LogP contribution is 2.33. The lowest BCUT2D eigenvalue weighted by Crippen LogP contribution is -2.27. The van der Waals surface area contributed by atoms with Crippen LogP contribution < -0.4 is 15.5 Å². The normalized spacial score (nSPS) is 11.3. The lowest BCUT2D eigenvalue weighted by Gasteiger charge is -2.16. The van der Waals surface area contributed by atoms with Gasteiger partial charge in [-0.05, 0) is 43.3 Å². The van der Waals surface area contributed by atoms with E-state index in [2.05, 4.69) is 10.4 Å². The predicted octanol–water partition coefficient (Wildman–Crippen LogP) is 3.84. The fourth-order valence-electron chi connectivity index (χ4n) is 2.91. The molecule has 1 amide bonds. The van der Waals surface area contributed by atoms with Gasteiger partial charge in [0.05, 0.1) is 17.9 Å². The van der Waals surface area contributed by atoms with Crippen LogP contribution in [0.5, 0.6) is 5.75 Å². The van der Waals surface area contributed by atoms with Gasteiger partial charge in [0.25, 0.3) is 5.91 Å². The molecule has 0 saturated carbocycles. The molecule has 0 aliphatic rings. The fourth-order valence-corrected chi connectivity index (χ4v) is 2.91. The molecule has 1 N–H and O–H groups in total. The monoisotopic (exact) mass is 447 g/mol. The second kappa shape index (κ2) is 9.65. The molecular weight excluding hydrogens is 427 g/mol. The first-order chi connectivity index (χ1) is 15.2. The van der Waals surface area contributed by atoms with Crippen LogP contribution in [-0.4, -0.2) is 36.0 Å². The Labute approximate surface area is 181 Å². The molecule has 32 heavy (non-hydrogen) atoms. The van der Waals surface area contributed by atoms with Crippen molar-refractivity contribution in [2.45, 2.75) is 13.1 Å². The summed E-state index contributed by atoms with van der Waals surface area (Å²) in [4.78, 5) is 25.0. The summed E-state index contributed by atoms with van der Waals surface area (Å²) in [6.07, 6.45) is -4.64. The Balaban J connectivity index is 1.88. The summed E-state index contributed by atoms with van der Waals surface area (Å²) in [6, 6.07) is 12.2. The van der Waals surface area contributed by atoms with Crippen molar-refractivity contribution in [2.24, 2.45) is 0 Å². The molecule has 2 aromatic carbocycles. The summed E-state index contributed by atoms with van der Waals surface area (Å²) in [5.41, 5.74) is -1.95. The van der Waals surface area contributed by atoms with Crippen molar-refractivity contribution in [3.8, 4) is 11.4 Å². The highest BCUT2D eigenvalue weighted by Gasteiger charge is 2.34. The van der Waals surface area contributed by atoms with Crippen LogP contribution >= 0.6 is 0 Å². The number of nitrogens with one attached hydrogen (secondary N) is 1. The van der Waals surface area contributed by atoms with E-state index in [-0.39, 0.29) is 11.4 Å². The lowest BCUT2D eigenvalue weighted by atomic mass is 10.1. The van der Waals surface area contributed by atoms with Crippen molar-refractivity contribution in [3.05, 3.63) is 81.8 Å². The number of aromatic nitrogens is 2. The topological polar surface area (TPSA) is 82.4 Å². The average Bonchev–Trinajstić information content (AvgIpc) is 2.74. The Morgan fingerprint density at radius 3 is 2.44 bits per heavy atom. The summed E-state index contributed by atoms with van der Waals surface area (Å²) in [7, 11) is 1.55. The summed E-state index contributed by atoms with van der Waals surface area (Å²) in [5.74, 6) is -0.291. The van der Waals surface area contributed by atoms with Gasteiger partial charge in [-0.2, -0.15) is 18.3 Å². The predicted molar refractivity (Wildman–Crippen MR) is 111 cm³/mol. The largest absolute Gasteiger partial charge is 0.491 e. The van der Waals surface area contributed by atoms with Crippen molar-refractivity contribution >= 4 is 11.6 Å². The van der Waals surface area contributed by atoms with Crippen LogP contribution in [0.2, 0.25) is 0 Å². The molecule has 1 heterocycles. The van der Waals surface area contributed by atoms with Crippen molar-refractivity contribution in [2.75, 3.05) is 25.6 Å². The van der Waals surface area contributed by atoms with E-state index in [1.54, 1.807) is 31.4 Å². The third-order valence-corrected chi connectivity index (χ3v) is 4.43. The highest BCUT2D eigenvalue weighted by atomic mass is 19.4. The number of amides is 1. The molecule has 0 saturated heterocycles. The van der Waals surface area contributed by atoms with Crippen LogP contribution in [-0.2, 0) is 10.9 Å². The SMILES string of the molecule is COCCOc1ccc(NC(=O)c2nn(-c3ccccc3C(F)(F)F)c(C)cc2=O)cc1. The first-order valence-corrected chi connectivity index (χ1v) is 9.51. The van der Waals surface area contributed by atoms with E-state index in [0.717, 1.165) is 16.8 Å². The maximum Gasteiger partial charge on any atom is 0.418 e. The molecule has 0 unspecified atom stereocenters. The molecule has 3 rings (SSSR count). The standard InChI is InChI=1S/C22H20F3N3O4/c1-14-13-19(29)20(27-28(14)18-6-4-3-5-17(18)22(23,24)25)21(30)26-15-7-9-16(10-8-15)32-12-11-31-2/h3-10,13H,11-12H2,1-2H3,(H,26,30). The summed E-state index contributed by atoms with van der Waals surface area (Å²) in [6.45, 7) is 2.21. The minimum absolute atomic E-state index is 0.154. The number of benzene rings is 2. The Morgan fingerprint density at radius 2 is 1.78 bits per heavy atom. The number of aryl methyl sites for hydroxylation is 1. The van der Waals surface area contributed by atoms with E-state index in [4.69, 9.17) is 9.47 Å². The fraction of sp³-hybridized carbons (Fsp3) is 0.227. The number of hydrogen-bond acceptors (Lipinski definition) is 5. The number of carbonyl (C=O) groups excluding carboxylic acids is 1. The molecule has 0 atom stereocenters. The molecule has 0 aliphatic heterocycles. The van der Waals surface area contributed by atoms with Crippen molar-refractivity contribution in [1.29, 1.82) is 0 Å². The van der Waals surface area contributed by atoms with Gasteiger partial charge in [-0.1, -0.05) is 12.1 Å². The van der Waals surface area contributed by atoms with Crippen LogP contribution in [0.4, 0.5) is 18.9 Å². The molecule has 0 fully saturated rings. The molecule has 168 valence electrons. The zero-order chi connectivity index (χ0) is 23.3. The minimum atomic E-state index is -4.64. The second-order valence-electron chi connectivity index (χ2n) is 6.75. The van der Waals surface area contributed by atoms with Crippen LogP contribution in [0.15, 0.2) is 59.4 Å². The average molecular weight is 447 g/mol. The third kappa shape index (κ3) is 5.33. The number of rotatable bonds is 7.